The van der Waals surface area contributed by atoms with Crippen molar-refractivity contribution in [2.24, 2.45) is 5.92 Å². The molecule has 20 heavy (non-hydrogen) atoms. The highest BCUT2D eigenvalue weighted by atomic mass is 79.9. The van der Waals surface area contributed by atoms with Gasteiger partial charge in [0.05, 0.1) is 5.69 Å². The van der Waals surface area contributed by atoms with Crippen molar-refractivity contribution in [3.63, 3.8) is 0 Å². The highest BCUT2D eigenvalue weighted by molar-refractivity contribution is 9.10. The molecule has 4 heteroatoms. The number of nitrogens with zero attached hydrogens (tertiary/aromatic N) is 2. The van der Waals surface area contributed by atoms with Gasteiger partial charge in [-0.2, -0.15) is 5.10 Å². The molecule has 0 spiro atoms. The summed E-state index contributed by atoms with van der Waals surface area (Å²) in [6.45, 7) is 5.08. The van der Waals surface area contributed by atoms with E-state index in [2.05, 4.69) is 63.0 Å². The lowest BCUT2D eigenvalue weighted by Gasteiger charge is -2.15. The Kier molecular flexibility index (Phi) is 5.67. The molecule has 0 radical (unpaired) electrons. The first kappa shape index (κ1) is 15.6. The van der Waals surface area contributed by atoms with E-state index in [4.69, 9.17) is 11.6 Å². The quantitative estimate of drug-likeness (QED) is 0.692. The van der Waals surface area contributed by atoms with Crippen molar-refractivity contribution in [3.8, 4) is 0 Å². The van der Waals surface area contributed by atoms with Crippen LogP contribution in [0.15, 0.2) is 34.8 Å². The van der Waals surface area contributed by atoms with E-state index in [-0.39, 0.29) is 0 Å². The van der Waals surface area contributed by atoms with Gasteiger partial charge in [-0.3, -0.25) is 4.68 Å². The Hall–Kier alpha value is -0.800. The van der Waals surface area contributed by atoms with Crippen LogP contribution in [0, 0.1) is 12.8 Å². The average molecular weight is 356 g/mol. The number of alkyl halides is 1. The molecular weight excluding hydrogens is 336 g/mol. The van der Waals surface area contributed by atoms with E-state index in [9.17, 15) is 0 Å². The zero-order chi connectivity index (χ0) is 14.5. The lowest BCUT2D eigenvalue weighted by atomic mass is 9.96. The summed E-state index contributed by atoms with van der Waals surface area (Å²) in [7, 11) is 0. The topological polar surface area (TPSA) is 17.8 Å². The van der Waals surface area contributed by atoms with Crippen LogP contribution in [0.5, 0.6) is 0 Å². The molecule has 1 aromatic heterocycles. The second kappa shape index (κ2) is 7.28. The Balaban J connectivity index is 2.06. The third-order valence-corrected chi connectivity index (χ3v) is 4.40. The monoisotopic (exact) mass is 354 g/mol. The molecule has 1 unspecified atom stereocenters. The van der Waals surface area contributed by atoms with Gasteiger partial charge in [-0.05, 0) is 56.4 Å². The van der Waals surface area contributed by atoms with Crippen LogP contribution < -0.4 is 0 Å². The van der Waals surface area contributed by atoms with Crippen molar-refractivity contribution in [3.05, 3.63) is 51.8 Å². The summed E-state index contributed by atoms with van der Waals surface area (Å²) >= 11 is 9.63. The summed E-state index contributed by atoms with van der Waals surface area (Å²) in [6.07, 6.45) is 1.99. The smallest absolute Gasteiger partial charge is 0.0596 e. The van der Waals surface area contributed by atoms with Crippen molar-refractivity contribution in [2.45, 2.75) is 33.2 Å². The molecule has 0 saturated heterocycles. The Bertz CT molecular complexity index is 548. The molecule has 1 atom stereocenters. The summed E-state index contributed by atoms with van der Waals surface area (Å²) in [4.78, 5) is 0. The molecule has 0 fully saturated rings. The van der Waals surface area contributed by atoms with Gasteiger partial charge in [-0.1, -0.05) is 28.1 Å². The fraction of sp³-hybridized carbons (Fsp3) is 0.438. The van der Waals surface area contributed by atoms with E-state index in [1.54, 1.807) is 0 Å². The number of halogens is 2. The van der Waals surface area contributed by atoms with E-state index in [1.807, 2.05) is 6.92 Å². The molecule has 2 aromatic rings. The normalized spacial score (nSPS) is 12.6. The Morgan fingerprint density at radius 2 is 1.95 bits per heavy atom. The van der Waals surface area contributed by atoms with E-state index >= 15 is 0 Å². The first-order chi connectivity index (χ1) is 9.62. The fourth-order valence-corrected chi connectivity index (χ4v) is 2.95. The van der Waals surface area contributed by atoms with Crippen molar-refractivity contribution in [1.82, 2.24) is 9.78 Å². The lowest BCUT2D eigenvalue weighted by molar-refractivity contribution is 0.531. The van der Waals surface area contributed by atoms with Gasteiger partial charge in [0, 0.05) is 22.6 Å². The molecule has 0 aliphatic rings. The van der Waals surface area contributed by atoms with Crippen molar-refractivity contribution in [2.75, 3.05) is 5.88 Å². The Labute approximate surface area is 134 Å². The van der Waals surface area contributed by atoms with Crippen molar-refractivity contribution in [1.29, 1.82) is 0 Å². The van der Waals surface area contributed by atoms with Gasteiger partial charge in [0.1, 0.15) is 0 Å². The zero-order valence-electron chi connectivity index (χ0n) is 11.9. The number of aromatic nitrogens is 2. The molecular formula is C16H20BrClN2. The van der Waals surface area contributed by atoms with Crippen LogP contribution in [0.2, 0.25) is 0 Å². The molecule has 1 heterocycles. The summed E-state index contributed by atoms with van der Waals surface area (Å²) in [6, 6.07) is 10.7. The van der Waals surface area contributed by atoms with Gasteiger partial charge in [0.2, 0.25) is 0 Å². The maximum atomic E-state index is 6.16. The molecule has 2 rings (SSSR count). The zero-order valence-corrected chi connectivity index (χ0v) is 14.3. The van der Waals surface area contributed by atoms with Gasteiger partial charge in [-0.25, -0.2) is 0 Å². The molecule has 1 aromatic carbocycles. The minimum Gasteiger partial charge on any atom is -0.270 e. The van der Waals surface area contributed by atoms with Crippen LogP contribution in [0.3, 0.4) is 0 Å². The molecule has 108 valence electrons. The van der Waals surface area contributed by atoms with Gasteiger partial charge in [-0.15, -0.1) is 11.6 Å². The first-order valence-electron chi connectivity index (χ1n) is 6.96. The second-order valence-electron chi connectivity index (χ2n) is 5.15. The third kappa shape index (κ3) is 4.10. The van der Waals surface area contributed by atoms with E-state index in [1.165, 1.54) is 11.3 Å². The molecule has 0 saturated carbocycles. The van der Waals surface area contributed by atoms with Crippen molar-refractivity contribution >= 4 is 27.5 Å². The van der Waals surface area contributed by atoms with E-state index in [0.29, 0.717) is 11.8 Å². The summed E-state index contributed by atoms with van der Waals surface area (Å²) in [5.74, 6) is 1.11. The predicted octanol–water partition coefficient (Wildman–Crippen LogP) is 4.61. The number of hydrogen-bond acceptors (Lipinski definition) is 1. The van der Waals surface area contributed by atoms with Crippen LogP contribution in [-0.4, -0.2) is 15.7 Å². The van der Waals surface area contributed by atoms with Crippen LogP contribution in [-0.2, 0) is 19.4 Å². The van der Waals surface area contributed by atoms with E-state index < -0.39 is 0 Å². The van der Waals surface area contributed by atoms with Crippen LogP contribution in [0.4, 0.5) is 0 Å². The minimum absolute atomic E-state index is 0.444. The average Bonchev–Trinajstić information content (AvgIpc) is 2.80. The Morgan fingerprint density at radius 3 is 2.55 bits per heavy atom. The molecule has 0 N–H and O–H groups in total. The largest absolute Gasteiger partial charge is 0.270 e. The molecule has 2 nitrogen and oxygen atoms in total. The number of rotatable bonds is 6. The number of hydrogen-bond donors (Lipinski definition) is 0. The highest BCUT2D eigenvalue weighted by Gasteiger charge is 2.13. The predicted molar refractivity (Wildman–Crippen MR) is 88.4 cm³/mol. The first-order valence-corrected chi connectivity index (χ1v) is 8.28. The third-order valence-electron chi connectivity index (χ3n) is 3.44. The van der Waals surface area contributed by atoms with Crippen LogP contribution >= 0.6 is 27.5 Å². The van der Waals surface area contributed by atoms with Crippen LogP contribution in [0.25, 0.3) is 0 Å². The van der Waals surface area contributed by atoms with Gasteiger partial charge >= 0.3 is 0 Å². The molecule has 0 amide bonds. The molecule has 0 aliphatic heterocycles. The standard InChI is InChI=1S/C16H20BrClN2/c1-3-20-16(8-12(2)19-20)10-14(11-18)9-13-4-6-15(17)7-5-13/h4-8,14H,3,9-11H2,1-2H3. The summed E-state index contributed by atoms with van der Waals surface area (Å²) in [5.41, 5.74) is 3.70. The summed E-state index contributed by atoms with van der Waals surface area (Å²) in [5, 5.41) is 4.50. The van der Waals surface area contributed by atoms with Gasteiger partial charge < -0.3 is 0 Å². The second-order valence-corrected chi connectivity index (χ2v) is 6.37. The Morgan fingerprint density at radius 1 is 1.25 bits per heavy atom. The van der Waals surface area contributed by atoms with Gasteiger partial charge in [0.15, 0.2) is 0 Å². The molecule has 0 aliphatic carbocycles. The lowest BCUT2D eigenvalue weighted by Crippen LogP contribution is -2.13. The van der Waals surface area contributed by atoms with E-state index in [0.717, 1.165) is 29.6 Å². The maximum absolute atomic E-state index is 6.16. The SMILES string of the molecule is CCn1nc(C)cc1CC(CCl)Cc1ccc(Br)cc1. The van der Waals surface area contributed by atoms with Crippen molar-refractivity contribution < 1.29 is 0 Å². The van der Waals surface area contributed by atoms with Crippen LogP contribution in [0.1, 0.15) is 23.9 Å². The highest BCUT2D eigenvalue weighted by Crippen LogP contribution is 2.19. The fourth-order valence-electron chi connectivity index (χ4n) is 2.47. The minimum atomic E-state index is 0.444. The number of aryl methyl sites for hydroxylation is 2. The molecule has 0 bridgehead atoms. The summed E-state index contributed by atoms with van der Waals surface area (Å²) < 4.78 is 3.19. The number of benzene rings is 1. The maximum Gasteiger partial charge on any atom is 0.0596 e. The van der Waals surface area contributed by atoms with Gasteiger partial charge in [0.25, 0.3) is 0 Å².